The topological polar surface area (TPSA) is 67.2 Å². The molecule has 0 bridgehead atoms. The number of carbonyl (C=O) groups excluding carboxylic acids is 1. The Kier molecular flexibility index (Phi) is 3.82. The van der Waals surface area contributed by atoms with Gasteiger partial charge in [0.05, 0.1) is 17.8 Å². The standard InChI is InChI=1S/C19H16FN3O2/c20-13-5-7-14(8-6-13)23-10-9-16(22-23)19(25)21-18-15-4-2-1-3-12(15)11-17(18)24/h1-10,17-18,24H,11H2,(H,21,25). The lowest BCUT2D eigenvalue weighted by Crippen LogP contribution is -2.34. The molecule has 0 saturated heterocycles. The summed E-state index contributed by atoms with van der Waals surface area (Å²) in [4.78, 5) is 12.5. The zero-order valence-corrected chi connectivity index (χ0v) is 13.3. The second-order valence-electron chi connectivity index (χ2n) is 6.04. The monoisotopic (exact) mass is 337 g/mol. The number of rotatable bonds is 3. The van der Waals surface area contributed by atoms with Crippen LogP contribution in [0.15, 0.2) is 60.8 Å². The van der Waals surface area contributed by atoms with Gasteiger partial charge in [-0.1, -0.05) is 24.3 Å². The van der Waals surface area contributed by atoms with Gasteiger partial charge >= 0.3 is 0 Å². The van der Waals surface area contributed by atoms with Crippen molar-refractivity contribution < 1.29 is 14.3 Å². The van der Waals surface area contributed by atoms with Gasteiger partial charge in [0.1, 0.15) is 5.82 Å². The third-order valence-corrected chi connectivity index (χ3v) is 4.40. The van der Waals surface area contributed by atoms with Crippen molar-refractivity contribution >= 4 is 5.91 Å². The maximum Gasteiger partial charge on any atom is 0.272 e. The van der Waals surface area contributed by atoms with E-state index in [-0.39, 0.29) is 17.4 Å². The Bertz CT molecular complexity index is 920. The molecule has 1 heterocycles. The number of halogens is 1. The van der Waals surface area contributed by atoms with E-state index < -0.39 is 12.1 Å². The SMILES string of the molecule is O=C(NC1c2ccccc2CC1O)c1ccn(-c2ccc(F)cc2)n1. The third-order valence-electron chi connectivity index (χ3n) is 4.40. The van der Waals surface area contributed by atoms with Crippen molar-refractivity contribution in [2.75, 3.05) is 0 Å². The van der Waals surface area contributed by atoms with Crippen LogP contribution in [-0.2, 0) is 6.42 Å². The number of benzene rings is 2. The molecule has 1 aliphatic carbocycles. The number of amides is 1. The van der Waals surface area contributed by atoms with E-state index in [1.807, 2.05) is 24.3 Å². The van der Waals surface area contributed by atoms with Crippen molar-refractivity contribution in [3.8, 4) is 5.69 Å². The highest BCUT2D eigenvalue weighted by molar-refractivity contribution is 5.92. The minimum absolute atomic E-state index is 0.237. The molecule has 0 aliphatic heterocycles. The summed E-state index contributed by atoms with van der Waals surface area (Å²) in [5.41, 5.74) is 2.87. The maximum absolute atomic E-state index is 13.0. The van der Waals surface area contributed by atoms with Crippen molar-refractivity contribution in [1.82, 2.24) is 15.1 Å². The number of hydrogen-bond acceptors (Lipinski definition) is 3. The Hall–Kier alpha value is -2.99. The number of fused-ring (bicyclic) bond motifs is 1. The molecule has 3 aromatic rings. The molecule has 126 valence electrons. The van der Waals surface area contributed by atoms with Gasteiger partial charge in [-0.15, -0.1) is 0 Å². The summed E-state index contributed by atoms with van der Waals surface area (Å²) >= 11 is 0. The molecule has 2 aromatic carbocycles. The van der Waals surface area contributed by atoms with Gasteiger partial charge in [-0.2, -0.15) is 5.10 Å². The van der Waals surface area contributed by atoms with E-state index in [2.05, 4.69) is 10.4 Å². The van der Waals surface area contributed by atoms with E-state index in [9.17, 15) is 14.3 Å². The van der Waals surface area contributed by atoms with Crippen LogP contribution in [0.25, 0.3) is 5.69 Å². The lowest BCUT2D eigenvalue weighted by atomic mass is 10.1. The molecule has 5 nitrogen and oxygen atoms in total. The molecule has 4 rings (SSSR count). The third kappa shape index (κ3) is 2.92. The number of aliphatic hydroxyl groups is 1. The molecule has 1 aromatic heterocycles. The van der Waals surface area contributed by atoms with Gasteiger partial charge in [0.25, 0.3) is 5.91 Å². The summed E-state index contributed by atoms with van der Waals surface area (Å²) in [6.07, 6.45) is 1.51. The number of nitrogens with zero attached hydrogens (tertiary/aromatic N) is 2. The van der Waals surface area contributed by atoms with Gasteiger partial charge < -0.3 is 10.4 Å². The summed E-state index contributed by atoms with van der Waals surface area (Å²) < 4.78 is 14.5. The van der Waals surface area contributed by atoms with Crippen LogP contribution in [0, 0.1) is 5.82 Å². The molecule has 0 spiro atoms. The summed E-state index contributed by atoms with van der Waals surface area (Å²) in [7, 11) is 0. The number of carbonyl (C=O) groups is 1. The van der Waals surface area contributed by atoms with Crippen molar-refractivity contribution in [1.29, 1.82) is 0 Å². The first-order valence-electron chi connectivity index (χ1n) is 8.00. The molecule has 25 heavy (non-hydrogen) atoms. The highest BCUT2D eigenvalue weighted by Gasteiger charge is 2.32. The molecule has 0 saturated carbocycles. The summed E-state index contributed by atoms with van der Waals surface area (Å²) in [5.74, 6) is -0.690. The minimum atomic E-state index is -0.652. The van der Waals surface area contributed by atoms with Gasteiger partial charge in [-0.3, -0.25) is 4.79 Å². The van der Waals surface area contributed by atoms with Crippen LogP contribution in [-0.4, -0.2) is 26.9 Å². The van der Waals surface area contributed by atoms with Crippen molar-refractivity contribution in [3.05, 3.63) is 83.4 Å². The Morgan fingerprint density at radius 2 is 1.92 bits per heavy atom. The number of aliphatic hydroxyl groups excluding tert-OH is 1. The molecule has 2 unspecified atom stereocenters. The fourth-order valence-electron chi connectivity index (χ4n) is 3.15. The van der Waals surface area contributed by atoms with Gasteiger partial charge in [0.2, 0.25) is 0 Å². The number of aromatic nitrogens is 2. The highest BCUT2D eigenvalue weighted by atomic mass is 19.1. The molecule has 1 amide bonds. The van der Waals surface area contributed by atoms with Gasteiger partial charge in [-0.05, 0) is 41.5 Å². The molecule has 0 radical (unpaired) electrons. The predicted molar refractivity (Wildman–Crippen MR) is 89.9 cm³/mol. The Morgan fingerprint density at radius 3 is 2.72 bits per heavy atom. The predicted octanol–water partition coefficient (Wildman–Crippen LogP) is 2.40. The molecule has 2 N–H and O–H groups in total. The largest absolute Gasteiger partial charge is 0.390 e. The molecular formula is C19H16FN3O2. The van der Waals surface area contributed by atoms with E-state index >= 15 is 0 Å². The minimum Gasteiger partial charge on any atom is -0.390 e. The van der Waals surface area contributed by atoms with Gasteiger partial charge in [0.15, 0.2) is 5.69 Å². The van der Waals surface area contributed by atoms with Crippen molar-refractivity contribution in [2.45, 2.75) is 18.6 Å². The van der Waals surface area contributed by atoms with Crippen LogP contribution in [0.1, 0.15) is 27.7 Å². The average molecular weight is 337 g/mol. The van der Waals surface area contributed by atoms with Crippen LogP contribution in [0.5, 0.6) is 0 Å². The second-order valence-corrected chi connectivity index (χ2v) is 6.04. The van der Waals surface area contributed by atoms with Gasteiger partial charge in [-0.25, -0.2) is 9.07 Å². The lowest BCUT2D eigenvalue weighted by Gasteiger charge is -2.17. The smallest absolute Gasteiger partial charge is 0.272 e. The highest BCUT2D eigenvalue weighted by Crippen LogP contribution is 2.31. The fraction of sp³-hybridized carbons (Fsp3) is 0.158. The Labute approximate surface area is 143 Å². The van der Waals surface area contributed by atoms with Crippen molar-refractivity contribution in [2.24, 2.45) is 0 Å². The second kappa shape index (κ2) is 6.14. The van der Waals surface area contributed by atoms with Crippen LogP contribution in [0.3, 0.4) is 0 Å². The normalized spacial score (nSPS) is 18.8. The zero-order chi connectivity index (χ0) is 17.4. The van der Waals surface area contributed by atoms with Crippen LogP contribution < -0.4 is 5.32 Å². The summed E-state index contributed by atoms with van der Waals surface area (Å²) in [6.45, 7) is 0. The molecule has 0 fully saturated rings. The first-order chi connectivity index (χ1) is 12.1. The van der Waals surface area contributed by atoms with Crippen LogP contribution in [0.2, 0.25) is 0 Å². The first kappa shape index (κ1) is 15.5. The first-order valence-corrected chi connectivity index (χ1v) is 8.00. The Balaban J connectivity index is 1.53. The number of hydrogen-bond donors (Lipinski definition) is 2. The Morgan fingerprint density at radius 1 is 1.16 bits per heavy atom. The lowest BCUT2D eigenvalue weighted by molar-refractivity contribution is 0.0853. The summed E-state index contributed by atoms with van der Waals surface area (Å²) in [5, 5.41) is 17.3. The quantitative estimate of drug-likeness (QED) is 0.771. The van der Waals surface area contributed by atoms with E-state index in [0.29, 0.717) is 12.1 Å². The maximum atomic E-state index is 13.0. The fourth-order valence-corrected chi connectivity index (χ4v) is 3.15. The average Bonchev–Trinajstić information content (AvgIpc) is 3.21. The molecule has 1 aliphatic rings. The van der Waals surface area contributed by atoms with Crippen molar-refractivity contribution in [3.63, 3.8) is 0 Å². The summed E-state index contributed by atoms with van der Waals surface area (Å²) in [6, 6.07) is 14.7. The van der Waals surface area contributed by atoms with E-state index in [4.69, 9.17) is 0 Å². The van der Waals surface area contributed by atoms with E-state index in [1.54, 1.807) is 24.4 Å². The van der Waals surface area contributed by atoms with E-state index in [0.717, 1.165) is 11.1 Å². The molecule has 2 atom stereocenters. The zero-order valence-electron chi connectivity index (χ0n) is 13.3. The molecule has 6 heteroatoms. The number of nitrogens with one attached hydrogen (secondary N) is 1. The van der Waals surface area contributed by atoms with Crippen LogP contribution in [0.4, 0.5) is 4.39 Å². The van der Waals surface area contributed by atoms with E-state index in [1.165, 1.54) is 16.8 Å². The van der Waals surface area contributed by atoms with Gasteiger partial charge in [0, 0.05) is 12.6 Å². The molecular weight excluding hydrogens is 321 g/mol. The van der Waals surface area contributed by atoms with Crippen LogP contribution >= 0.6 is 0 Å².